The van der Waals surface area contributed by atoms with Gasteiger partial charge in [0.25, 0.3) is 0 Å². The lowest BCUT2D eigenvalue weighted by molar-refractivity contribution is 0.0734. The summed E-state index contributed by atoms with van der Waals surface area (Å²) >= 11 is 3.30. The predicted molar refractivity (Wildman–Crippen MR) is 79.5 cm³/mol. The molecule has 5 heteroatoms. The maximum absolute atomic E-state index is 11.9. The highest BCUT2D eigenvalue weighted by molar-refractivity contribution is 9.10. The van der Waals surface area contributed by atoms with Crippen LogP contribution in [0, 0.1) is 0 Å². The third-order valence-corrected chi connectivity index (χ3v) is 3.19. The molecule has 0 fully saturated rings. The molecule has 4 nitrogen and oxygen atoms in total. The summed E-state index contributed by atoms with van der Waals surface area (Å²) in [6.07, 6.45) is 0. The molecule has 0 aliphatic carbocycles. The lowest BCUT2D eigenvalue weighted by Crippen LogP contribution is -2.08. The van der Waals surface area contributed by atoms with Gasteiger partial charge in [0.2, 0.25) is 0 Å². The third kappa shape index (κ3) is 3.45. The number of hydrogen-bond acceptors (Lipinski definition) is 4. The van der Waals surface area contributed by atoms with Crippen molar-refractivity contribution in [2.24, 2.45) is 5.16 Å². The zero-order valence-corrected chi connectivity index (χ0v) is 12.3. The summed E-state index contributed by atoms with van der Waals surface area (Å²) in [5.74, 6) is 0.0102. The minimum atomic E-state index is -0.424. The van der Waals surface area contributed by atoms with Gasteiger partial charge in [-0.25, -0.2) is 4.79 Å². The topological polar surface area (TPSA) is 58.9 Å². The van der Waals surface area contributed by atoms with E-state index >= 15 is 0 Å². The Labute approximate surface area is 124 Å². The van der Waals surface area contributed by atoms with E-state index in [-0.39, 0.29) is 0 Å². The Morgan fingerprint density at radius 2 is 1.85 bits per heavy atom. The molecule has 0 saturated heterocycles. The Morgan fingerprint density at radius 3 is 2.45 bits per heavy atom. The molecule has 0 aromatic heterocycles. The first-order chi connectivity index (χ1) is 9.60. The van der Waals surface area contributed by atoms with Gasteiger partial charge in [0.05, 0.1) is 11.3 Å². The molecule has 0 radical (unpaired) electrons. The molecule has 0 aliphatic rings. The lowest BCUT2D eigenvalue weighted by Gasteiger charge is -2.05. The molecule has 0 heterocycles. The molecule has 2 rings (SSSR count). The van der Waals surface area contributed by atoms with Crippen molar-refractivity contribution in [2.45, 2.75) is 6.92 Å². The van der Waals surface area contributed by atoms with E-state index in [9.17, 15) is 4.79 Å². The number of halogens is 1. The molecule has 0 unspecified atom stereocenters. The Morgan fingerprint density at radius 1 is 1.15 bits per heavy atom. The van der Waals surface area contributed by atoms with Crippen LogP contribution in [0.5, 0.6) is 5.75 Å². The van der Waals surface area contributed by atoms with Crippen molar-refractivity contribution in [2.75, 3.05) is 0 Å². The molecule has 0 aliphatic heterocycles. The van der Waals surface area contributed by atoms with Gasteiger partial charge in [-0.1, -0.05) is 27.2 Å². The van der Waals surface area contributed by atoms with Crippen molar-refractivity contribution >= 4 is 27.6 Å². The van der Waals surface area contributed by atoms with Crippen molar-refractivity contribution in [1.29, 1.82) is 0 Å². The number of benzene rings is 2. The van der Waals surface area contributed by atoms with E-state index in [0.717, 1.165) is 10.0 Å². The second-order valence-electron chi connectivity index (χ2n) is 4.11. The quantitative estimate of drug-likeness (QED) is 0.305. The summed E-state index contributed by atoms with van der Waals surface area (Å²) in [5, 5.41) is 11.8. The van der Waals surface area contributed by atoms with E-state index in [1.807, 2.05) is 6.07 Å². The van der Waals surface area contributed by atoms with Crippen molar-refractivity contribution in [1.82, 2.24) is 0 Å². The van der Waals surface area contributed by atoms with Crippen LogP contribution in [0.25, 0.3) is 0 Å². The molecule has 0 spiro atoms. The Balaban J connectivity index is 2.12. The van der Waals surface area contributed by atoms with E-state index in [1.54, 1.807) is 49.4 Å². The number of rotatable bonds is 3. The van der Waals surface area contributed by atoms with Gasteiger partial charge in [-0.2, -0.15) is 0 Å². The molecule has 2 aromatic carbocycles. The van der Waals surface area contributed by atoms with Crippen LogP contribution in [0.3, 0.4) is 0 Å². The highest BCUT2D eigenvalue weighted by atomic mass is 79.9. The number of hydrogen-bond donors (Lipinski definition) is 1. The minimum absolute atomic E-state index is 0.424. The van der Waals surface area contributed by atoms with Crippen LogP contribution < -0.4 is 4.74 Å². The number of esters is 1. The van der Waals surface area contributed by atoms with Gasteiger partial charge in [-0.05, 0) is 55.0 Å². The fourth-order valence-electron chi connectivity index (χ4n) is 1.60. The lowest BCUT2D eigenvalue weighted by atomic mass is 10.1. The monoisotopic (exact) mass is 333 g/mol. The van der Waals surface area contributed by atoms with Crippen LogP contribution in [-0.4, -0.2) is 16.9 Å². The number of carbonyl (C=O) groups excluding carboxylic acids is 1. The summed E-state index contributed by atoms with van der Waals surface area (Å²) < 4.78 is 6.08. The van der Waals surface area contributed by atoms with Gasteiger partial charge >= 0.3 is 5.97 Å². The SMILES string of the molecule is C/C(=N\O)c1ccc(OC(=O)c2cccc(Br)c2)cc1. The Kier molecular flexibility index (Phi) is 4.53. The van der Waals surface area contributed by atoms with Crippen LogP contribution in [0.2, 0.25) is 0 Å². The summed E-state index contributed by atoms with van der Waals surface area (Å²) in [5.41, 5.74) is 1.72. The molecular weight excluding hydrogens is 322 g/mol. The fraction of sp³-hybridized carbons (Fsp3) is 0.0667. The van der Waals surface area contributed by atoms with Crippen molar-refractivity contribution in [3.8, 4) is 5.75 Å². The summed E-state index contributed by atoms with van der Waals surface area (Å²) in [7, 11) is 0. The molecule has 0 atom stereocenters. The molecule has 1 N–H and O–H groups in total. The normalized spacial score (nSPS) is 11.2. The average molecular weight is 334 g/mol. The van der Waals surface area contributed by atoms with Crippen molar-refractivity contribution in [3.63, 3.8) is 0 Å². The zero-order valence-electron chi connectivity index (χ0n) is 10.7. The van der Waals surface area contributed by atoms with E-state index in [2.05, 4.69) is 21.1 Å². The summed E-state index contributed by atoms with van der Waals surface area (Å²) in [6.45, 7) is 1.68. The van der Waals surface area contributed by atoms with Crippen molar-refractivity contribution < 1.29 is 14.7 Å². The third-order valence-electron chi connectivity index (χ3n) is 2.69. The van der Waals surface area contributed by atoms with Crippen LogP contribution >= 0.6 is 15.9 Å². The van der Waals surface area contributed by atoms with Gasteiger partial charge in [0.1, 0.15) is 5.75 Å². The second kappa shape index (κ2) is 6.34. The number of nitrogens with zero attached hydrogens (tertiary/aromatic N) is 1. The molecule has 0 saturated carbocycles. The van der Waals surface area contributed by atoms with Crippen LogP contribution in [0.4, 0.5) is 0 Å². The van der Waals surface area contributed by atoms with Crippen LogP contribution in [-0.2, 0) is 0 Å². The molecular formula is C15H12BrNO3. The largest absolute Gasteiger partial charge is 0.423 e. The van der Waals surface area contributed by atoms with E-state index < -0.39 is 5.97 Å². The fourth-order valence-corrected chi connectivity index (χ4v) is 2.00. The van der Waals surface area contributed by atoms with E-state index in [1.165, 1.54) is 0 Å². The van der Waals surface area contributed by atoms with Crippen molar-refractivity contribution in [3.05, 3.63) is 64.1 Å². The summed E-state index contributed by atoms with van der Waals surface area (Å²) in [6, 6.07) is 13.7. The maximum atomic E-state index is 11.9. The molecule has 102 valence electrons. The Hall–Kier alpha value is -2.14. The zero-order chi connectivity index (χ0) is 14.5. The van der Waals surface area contributed by atoms with Gasteiger partial charge < -0.3 is 9.94 Å². The van der Waals surface area contributed by atoms with E-state index in [4.69, 9.17) is 9.94 Å². The second-order valence-corrected chi connectivity index (χ2v) is 5.03. The average Bonchev–Trinajstić information content (AvgIpc) is 2.47. The van der Waals surface area contributed by atoms with Gasteiger partial charge in [0, 0.05) is 4.47 Å². The first-order valence-corrected chi connectivity index (χ1v) is 6.66. The molecule has 0 bridgehead atoms. The number of oxime groups is 1. The number of ether oxygens (including phenoxy) is 1. The van der Waals surface area contributed by atoms with Gasteiger partial charge in [-0.15, -0.1) is 0 Å². The predicted octanol–water partition coefficient (Wildman–Crippen LogP) is 3.87. The Bertz CT molecular complexity index is 650. The number of carbonyl (C=O) groups is 1. The highest BCUT2D eigenvalue weighted by Crippen LogP contribution is 2.17. The summed E-state index contributed by atoms with van der Waals surface area (Å²) in [4.78, 5) is 11.9. The van der Waals surface area contributed by atoms with Gasteiger partial charge in [0.15, 0.2) is 0 Å². The maximum Gasteiger partial charge on any atom is 0.343 e. The van der Waals surface area contributed by atoms with E-state index in [0.29, 0.717) is 17.0 Å². The van der Waals surface area contributed by atoms with Crippen LogP contribution in [0.1, 0.15) is 22.8 Å². The standard InChI is InChI=1S/C15H12BrNO3/c1-10(17-19)11-5-7-14(8-6-11)20-15(18)12-3-2-4-13(16)9-12/h2-9,19H,1H3/b17-10+. The molecule has 0 amide bonds. The van der Waals surface area contributed by atoms with Gasteiger partial charge in [-0.3, -0.25) is 0 Å². The van der Waals surface area contributed by atoms with Crippen LogP contribution in [0.15, 0.2) is 58.2 Å². The molecule has 2 aromatic rings. The first-order valence-electron chi connectivity index (χ1n) is 5.87. The smallest absolute Gasteiger partial charge is 0.343 e. The highest BCUT2D eigenvalue weighted by Gasteiger charge is 2.09. The molecule has 20 heavy (non-hydrogen) atoms. The minimum Gasteiger partial charge on any atom is -0.423 e. The first kappa shape index (κ1) is 14.3.